The van der Waals surface area contributed by atoms with Crippen LogP contribution >= 0.6 is 0 Å². The molecule has 0 N–H and O–H groups in total. The number of hydrogen-bond donors (Lipinski definition) is 0. The van der Waals surface area contributed by atoms with Crippen LogP contribution in [0, 0.1) is 5.41 Å². The summed E-state index contributed by atoms with van der Waals surface area (Å²) in [5, 5.41) is 1.21. The van der Waals surface area contributed by atoms with Gasteiger partial charge in [-0.3, -0.25) is 14.5 Å². The van der Waals surface area contributed by atoms with Gasteiger partial charge in [-0.15, -0.1) is 0 Å². The van der Waals surface area contributed by atoms with Crippen LogP contribution in [-0.4, -0.2) is 59.7 Å². The van der Waals surface area contributed by atoms with Gasteiger partial charge in [0.25, 0.3) is 5.56 Å². The molecule has 0 radical (unpaired) electrons. The molecule has 5 rings (SSSR count). The number of likely N-dealkylation sites (tertiary alicyclic amines) is 1. The van der Waals surface area contributed by atoms with E-state index in [0.29, 0.717) is 0 Å². The first-order valence-electron chi connectivity index (χ1n) is 12.3. The minimum absolute atomic E-state index is 0.00637. The Bertz CT molecular complexity index is 1070. The number of esters is 1. The summed E-state index contributed by atoms with van der Waals surface area (Å²) in [5.74, 6) is 0.00637. The van der Waals surface area contributed by atoms with Crippen LogP contribution in [0.2, 0.25) is 0 Å². The number of para-hydroxylation sites is 1. The molecule has 1 aromatic carbocycles. The standard InChI is InChI=1S/C26H35N3O3/c1-3-11-27(2)18-21-16-26(25(31)32-21)9-13-28(14-10-26)17-20-15-23(30)29-12-5-7-19-6-4-8-22(20)24(19)29/h4,6,8,15,21H,3,5,7,9-14,16-18H2,1-2H3. The van der Waals surface area contributed by atoms with Crippen LogP contribution in [0.3, 0.4) is 0 Å². The fourth-order valence-electron chi connectivity index (χ4n) is 6.11. The lowest BCUT2D eigenvalue weighted by Crippen LogP contribution is -2.42. The lowest BCUT2D eigenvalue weighted by Gasteiger charge is -2.37. The minimum atomic E-state index is -0.312. The number of rotatable bonds is 6. The van der Waals surface area contributed by atoms with Gasteiger partial charge < -0.3 is 14.2 Å². The first-order chi connectivity index (χ1) is 15.5. The highest BCUT2D eigenvalue weighted by molar-refractivity contribution is 5.86. The maximum Gasteiger partial charge on any atom is 0.312 e. The molecule has 0 bridgehead atoms. The van der Waals surface area contributed by atoms with Gasteiger partial charge in [-0.05, 0) is 69.9 Å². The number of hydrogen-bond acceptors (Lipinski definition) is 5. The van der Waals surface area contributed by atoms with E-state index in [9.17, 15) is 9.59 Å². The average Bonchev–Trinajstić information content (AvgIpc) is 3.07. The quantitative estimate of drug-likeness (QED) is 0.650. The van der Waals surface area contributed by atoms with E-state index in [4.69, 9.17) is 4.74 Å². The van der Waals surface area contributed by atoms with Crippen LogP contribution in [0.5, 0.6) is 0 Å². The van der Waals surface area contributed by atoms with E-state index in [0.717, 1.165) is 88.9 Å². The number of likely N-dealkylation sites (N-methyl/N-ethyl adjacent to an activating group) is 1. The van der Waals surface area contributed by atoms with E-state index in [1.165, 1.54) is 10.9 Å². The van der Waals surface area contributed by atoms with Crippen LogP contribution in [0.4, 0.5) is 0 Å². The molecule has 2 saturated heterocycles. The zero-order valence-corrected chi connectivity index (χ0v) is 19.4. The number of aromatic nitrogens is 1. The maximum absolute atomic E-state index is 12.8. The van der Waals surface area contributed by atoms with Crippen LogP contribution < -0.4 is 5.56 Å². The van der Waals surface area contributed by atoms with Crippen molar-refractivity contribution >= 4 is 16.9 Å². The second-order valence-electron chi connectivity index (χ2n) is 10.1. The number of cyclic esters (lactones) is 1. The average molecular weight is 438 g/mol. The Hall–Kier alpha value is -2.18. The Morgan fingerprint density at radius 3 is 2.78 bits per heavy atom. The van der Waals surface area contributed by atoms with Gasteiger partial charge in [-0.25, -0.2) is 0 Å². The molecule has 1 spiro atoms. The Morgan fingerprint density at radius 2 is 2.00 bits per heavy atom. The molecule has 1 atom stereocenters. The fraction of sp³-hybridized carbons (Fsp3) is 0.615. The van der Waals surface area contributed by atoms with Crippen molar-refractivity contribution in [3.63, 3.8) is 0 Å². The fourth-order valence-corrected chi connectivity index (χ4v) is 6.11. The van der Waals surface area contributed by atoms with Crippen LogP contribution in [0.1, 0.15) is 50.2 Å². The summed E-state index contributed by atoms with van der Waals surface area (Å²) in [4.78, 5) is 30.3. The van der Waals surface area contributed by atoms with Crippen molar-refractivity contribution < 1.29 is 9.53 Å². The van der Waals surface area contributed by atoms with Gasteiger partial charge >= 0.3 is 5.97 Å². The highest BCUT2D eigenvalue weighted by Crippen LogP contribution is 2.43. The summed E-state index contributed by atoms with van der Waals surface area (Å²) in [5.41, 5.74) is 3.35. The van der Waals surface area contributed by atoms with Crippen molar-refractivity contribution in [2.45, 2.75) is 64.6 Å². The Balaban J connectivity index is 1.28. The molecule has 32 heavy (non-hydrogen) atoms. The first-order valence-corrected chi connectivity index (χ1v) is 12.3. The predicted octanol–water partition coefficient (Wildman–Crippen LogP) is 3.19. The molecular formula is C26H35N3O3. The second-order valence-corrected chi connectivity index (χ2v) is 10.1. The largest absolute Gasteiger partial charge is 0.461 e. The molecule has 2 fully saturated rings. The molecule has 3 aliphatic rings. The van der Waals surface area contributed by atoms with Crippen LogP contribution in [0.15, 0.2) is 29.1 Å². The van der Waals surface area contributed by atoms with E-state index in [2.05, 4.69) is 42.0 Å². The monoisotopic (exact) mass is 437 g/mol. The third-order valence-electron chi connectivity index (χ3n) is 7.78. The van der Waals surface area contributed by atoms with Crippen molar-refractivity contribution in [3.05, 3.63) is 45.7 Å². The molecule has 0 amide bonds. The summed E-state index contributed by atoms with van der Waals surface area (Å²) in [6.07, 6.45) is 5.74. The minimum Gasteiger partial charge on any atom is -0.461 e. The Morgan fingerprint density at radius 1 is 1.19 bits per heavy atom. The predicted molar refractivity (Wildman–Crippen MR) is 126 cm³/mol. The lowest BCUT2D eigenvalue weighted by molar-refractivity contribution is -0.151. The topological polar surface area (TPSA) is 54.8 Å². The number of aryl methyl sites for hydroxylation is 2. The number of pyridine rings is 1. The smallest absolute Gasteiger partial charge is 0.312 e. The van der Waals surface area contributed by atoms with Gasteiger partial charge in [0.15, 0.2) is 0 Å². The number of carbonyl (C=O) groups is 1. The molecule has 0 aliphatic carbocycles. The highest BCUT2D eigenvalue weighted by Gasteiger charge is 2.50. The summed E-state index contributed by atoms with van der Waals surface area (Å²) < 4.78 is 7.75. The summed E-state index contributed by atoms with van der Waals surface area (Å²) >= 11 is 0. The van der Waals surface area contributed by atoms with E-state index in [1.54, 1.807) is 0 Å². The number of carbonyl (C=O) groups excluding carboxylic acids is 1. The van der Waals surface area contributed by atoms with Gasteiger partial charge in [0.05, 0.1) is 10.9 Å². The van der Waals surface area contributed by atoms with Crippen LogP contribution in [-0.2, 0) is 29.0 Å². The van der Waals surface area contributed by atoms with Crippen molar-refractivity contribution in [2.75, 3.05) is 33.2 Å². The Kier molecular flexibility index (Phi) is 5.84. The van der Waals surface area contributed by atoms with E-state index >= 15 is 0 Å². The van der Waals surface area contributed by atoms with E-state index in [-0.39, 0.29) is 23.0 Å². The number of ether oxygens (including phenoxy) is 1. The molecule has 3 aliphatic heterocycles. The third-order valence-corrected chi connectivity index (χ3v) is 7.78. The molecule has 4 heterocycles. The zero-order chi connectivity index (χ0) is 22.3. The molecule has 2 aromatic rings. The van der Waals surface area contributed by atoms with Crippen molar-refractivity contribution in [1.29, 1.82) is 0 Å². The summed E-state index contributed by atoms with van der Waals surface area (Å²) in [6.45, 7) is 7.36. The number of nitrogens with zero attached hydrogens (tertiary/aromatic N) is 3. The molecule has 172 valence electrons. The van der Waals surface area contributed by atoms with Gasteiger partial charge in [0.2, 0.25) is 0 Å². The Labute approximate surface area is 190 Å². The van der Waals surface area contributed by atoms with E-state index < -0.39 is 0 Å². The molecule has 6 nitrogen and oxygen atoms in total. The number of benzene rings is 1. The summed E-state index contributed by atoms with van der Waals surface area (Å²) in [7, 11) is 2.10. The third kappa shape index (κ3) is 3.88. The molecule has 1 aromatic heterocycles. The zero-order valence-electron chi connectivity index (χ0n) is 19.4. The van der Waals surface area contributed by atoms with Gasteiger partial charge in [0.1, 0.15) is 6.10 Å². The van der Waals surface area contributed by atoms with Crippen LogP contribution in [0.25, 0.3) is 10.9 Å². The highest BCUT2D eigenvalue weighted by atomic mass is 16.6. The van der Waals surface area contributed by atoms with Gasteiger partial charge in [-0.2, -0.15) is 0 Å². The second kappa shape index (κ2) is 8.64. The summed E-state index contributed by atoms with van der Waals surface area (Å²) in [6, 6.07) is 8.28. The first kappa shape index (κ1) is 21.7. The van der Waals surface area contributed by atoms with Crippen molar-refractivity contribution in [1.82, 2.24) is 14.4 Å². The van der Waals surface area contributed by atoms with Crippen molar-refractivity contribution in [2.24, 2.45) is 5.41 Å². The van der Waals surface area contributed by atoms with E-state index in [1.807, 2.05) is 10.6 Å². The normalized spacial score (nSPS) is 22.7. The lowest BCUT2D eigenvalue weighted by atomic mass is 9.76. The van der Waals surface area contributed by atoms with Crippen molar-refractivity contribution in [3.8, 4) is 0 Å². The number of piperidine rings is 1. The maximum atomic E-state index is 12.8. The molecule has 0 saturated carbocycles. The van der Waals surface area contributed by atoms with Gasteiger partial charge in [-0.1, -0.05) is 25.1 Å². The SMILES string of the molecule is CCCN(C)CC1CC2(CCN(Cc3cc(=O)n4c5c(cccc35)CCC4)CC2)C(=O)O1. The molecule has 1 unspecified atom stereocenters. The van der Waals surface area contributed by atoms with Gasteiger partial charge in [0, 0.05) is 37.5 Å². The molecule has 6 heteroatoms. The molecular weight excluding hydrogens is 402 g/mol.